The lowest BCUT2D eigenvalue weighted by molar-refractivity contribution is 0.146. The summed E-state index contributed by atoms with van der Waals surface area (Å²) in [5.74, 6) is 0. The third-order valence-corrected chi connectivity index (χ3v) is 4.23. The summed E-state index contributed by atoms with van der Waals surface area (Å²) < 4.78 is 10.4. The number of carbonyl (C=O) groups excluding carboxylic acids is 1. The number of nitrogens with zero attached hydrogens (tertiary/aromatic N) is 1. The largest absolute Gasteiger partial charge is 0.464 e. The quantitative estimate of drug-likeness (QED) is 0.360. The Morgan fingerprint density at radius 2 is 1.65 bits per heavy atom. The average Bonchev–Trinajstić information content (AvgIpc) is 2.65. The maximum atomic E-state index is 11.6. The van der Waals surface area contributed by atoms with Gasteiger partial charge in [0.05, 0.1) is 12.3 Å². The van der Waals surface area contributed by atoms with E-state index in [0.29, 0.717) is 6.61 Å². The second-order valence-electron chi connectivity index (χ2n) is 6.34. The molecule has 0 aromatic carbocycles. The summed E-state index contributed by atoms with van der Waals surface area (Å²) in [5.41, 5.74) is 0.746. The van der Waals surface area contributed by atoms with E-state index >= 15 is 0 Å². The van der Waals surface area contributed by atoms with Gasteiger partial charge < -0.3 is 9.47 Å². The van der Waals surface area contributed by atoms with Crippen molar-refractivity contribution in [3.05, 3.63) is 30.1 Å². The number of nitrogens with one attached hydrogen (secondary N) is 1. The van der Waals surface area contributed by atoms with E-state index in [4.69, 9.17) is 21.7 Å². The Labute approximate surface area is 162 Å². The molecule has 0 saturated heterocycles. The maximum absolute atomic E-state index is 11.6. The van der Waals surface area contributed by atoms with Crippen molar-refractivity contribution in [3.8, 4) is 0 Å². The fourth-order valence-electron chi connectivity index (χ4n) is 2.53. The molecule has 0 spiro atoms. The fraction of sp³-hybridized carbons (Fsp3) is 0.650. The van der Waals surface area contributed by atoms with Crippen molar-refractivity contribution in [1.29, 1.82) is 0 Å². The molecule has 0 unspecified atom stereocenters. The van der Waals surface area contributed by atoms with Gasteiger partial charge in [0.25, 0.3) is 5.17 Å². The van der Waals surface area contributed by atoms with Crippen molar-refractivity contribution in [1.82, 2.24) is 10.3 Å². The first-order chi connectivity index (χ1) is 12.7. The lowest BCUT2D eigenvalue weighted by Crippen LogP contribution is -2.31. The average molecular weight is 381 g/mol. The van der Waals surface area contributed by atoms with Crippen LogP contribution in [0.4, 0.5) is 4.79 Å². The van der Waals surface area contributed by atoms with Crippen LogP contribution in [0.1, 0.15) is 76.8 Å². The molecule has 0 radical (unpaired) electrons. The topological polar surface area (TPSA) is 60.5 Å². The second-order valence-corrected chi connectivity index (χ2v) is 6.71. The van der Waals surface area contributed by atoms with Crippen LogP contribution in [0.5, 0.6) is 0 Å². The van der Waals surface area contributed by atoms with Crippen molar-refractivity contribution < 1.29 is 14.3 Å². The molecule has 0 aliphatic rings. The van der Waals surface area contributed by atoms with Gasteiger partial charge in [-0.05, 0) is 30.8 Å². The summed E-state index contributed by atoms with van der Waals surface area (Å²) in [7, 11) is 0. The Kier molecular flexibility index (Phi) is 13.4. The molecule has 1 rings (SSSR count). The highest BCUT2D eigenvalue weighted by Crippen LogP contribution is 2.10. The predicted molar refractivity (Wildman–Crippen MR) is 108 cm³/mol. The number of hydrogen-bond donors (Lipinski definition) is 1. The van der Waals surface area contributed by atoms with Crippen molar-refractivity contribution in [2.45, 2.75) is 77.7 Å². The monoisotopic (exact) mass is 380 g/mol. The van der Waals surface area contributed by atoms with E-state index in [2.05, 4.69) is 17.2 Å². The molecule has 1 aromatic heterocycles. The van der Waals surface area contributed by atoms with E-state index in [0.717, 1.165) is 18.5 Å². The van der Waals surface area contributed by atoms with Gasteiger partial charge in [0.1, 0.15) is 6.61 Å². The summed E-state index contributed by atoms with van der Waals surface area (Å²) in [6.45, 7) is 2.87. The molecule has 5 nitrogen and oxygen atoms in total. The predicted octanol–water partition coefficient (Wildman–Crippen LogP) is 5.53. The molecule has 0 aliphatic heterocycles. The van der Waals surface area contributed by atoms with Crippen LogP contribution in [-0.4, -0.2) is 22.9 Å². The molecular weight excluding hydrogens is 348 g/mol. The first-order valence-electron chi connectivity index (χ1n) is 9.72. The lowest BCUT2D eigenvalue weighted by atomic mass is 10.1. The van der Waals surface area contributed by atoms with Gasteiger partial charge in [0, 0.05) is 6.20 Å². The van der Waals surface area contributed by atoms with Crippen LogP contribution in [0.3, 0.4) is 0 Å². The van der Waals surface area contributed by atoms with Gasteiger partial charge >= 0.3 is 6.09 Å². The summed E-state index contributed by atoms with van der Waals surface area (Å²) in [6, 6.07) is 5.51. The van der Waals surface area contributed by atoms with Gasteiger partial charge in [-0.2, -0.15) is 0 Å². The molecule has 0 fully saturated rings. The van der Waals surface area contributed by atoms with Crippen molar-refractivity contribution in [2.75, 3.05) is 6.61 Å². The van der Waals surface area contributed by atoms with Gasteiger partial charge in [-0.3, -0.25) is 10.3 Å². The minimum absolute atomic E-state index is 0.00345. The number of unbranched alkanes of at least 4 members (excludes halogenated alkanes) is 9. The number of alkyl carbamates (subject to hydrolysis) is 1. The number of rotatable bonds is 13. The van der Waals surface area contributed by atoms with Crippen LogP contribution < -0.4 is 5.32 Å². The molecule has 0 aliphatic carbocycles. The van der Waals surface area contributed by atoms with Crippen molar-refractivity contribution in [3.63, 3.8) is 0 Å². The Bertz CT molecular complexity index is 497. The van der Waals surface area contributed by atoms with Crippen LogP contribution in [0, 0.1) is 0 Å². The highest BCUT2D eigenvalue weighted by molar-refractivity contribution is 7.80. The molecule has 1 heterocycles. The highest BCUT2D eigenvalue weighted by atomic mass is 32.1. The third-order valence-electron chi connectivity index (χ3n) is 4.01. The van der Waals surface area contributed by atoms with Crippen LogP contribution in [0.2, 0.25) is 0 Å². The number of aromatic nitrogens is 1. The summed E-state index contributed by atoms with van der Waals surface area (Å²) >= 11 is 4.95. The molecule has 1 amide bonds. The molecular formula is C20H32N2O3S. The molecule has 146 valence electrons. The third kappa shape index (κ3) is 12.6. The number of carbonyl (C=O) groups is 1. The smallest absolute Gasteiger partial charge is 0.414 e. The van der Waals surface area contributed by atoms with Gasteiger partial charge in [-0.1, -0.05) is 70.8 Å². The molecule has 0 atom stereocenters. The Morgan fingerprint density at radius 3 is 2.27 bits per heavy atom. The maximum Gasteiger partial charge on any atom is 0.414 e. The number of pyridine rings is 1. The van der Waals surface area contributed by atoms with Gasteiger partial charge in [-0.25, -0.2) is 4.79 Å². The molecule has 1 aromatic rings. The van der Waals surface area contributed by atoms with Crippen LogP contribution in [-0.2, 0) is 16.1 Å². The minimum Gasteiger partial charge on any atom is -0.464 e. The van der Waals surface area contributed by atoms with E-state index in [1.807, 2.05) is 18.2 Å². The molecule has 26 heavy (non-hydrogen) atoms. The van der Waals surface area contributed by atoms with E-state index in [1.54, 1.807) is 6.20 Å². The van der Waals surface area contributed by atoms with E-state index in [9.17, 15) is 4.79 Å². The molecule has 6 heteroatoms. The van der Waals surface area contributed by atoms with Crippen LogP contribution in [0.25, 0.3) is 0 Å². The Balaban J connectivity index is 1.91. The first-order valence-corrected chi connectivity index (χ1v) is 10.1. The first kappa shape index (κ1) is 22.4. The number of thiocarbonyl (C=S) groups is 1. The number of hydrogen-bond acceptors (Lipinski definition) is 5. The fourth-order valence-corrected chi connectivity index (χ4v) is 2.68. The zero-order valence-corrected chi connectivity index (χ0v) is 16.7. The SMILES string of the molecule is CCCCCCCCCCCCOC(=O)NC(=S)OCc1ccccn1. The lowest BCUT2D eigenvalue weighted by Gasteiger charge is -2.09. The zero-order chi connectivity index (χ0) is 18.9. The Morgan fingerprint density at radius 1 is 1.00 bits per heavy atom. The summed E-state index contributed by atoms with van der Waals surface area (Å²) in [5, 5.41) is 2.41. The van der Waals surface area contributed by atoms with Crippen LogP contribution in [0.15, 0.2) is 24.4 Å². The second kappa shape index (κ2) is 15.6. The Hall–Kier alpha value is -1.69. The van der Waals surface area contributed by atoms with Crippen LogP contribution >= 0.6 is 12.2 Å². The van der Waals surface area contributed by atoms with E-state index in [1.165, 1.54) is 51.4 Å². The summed E-state index contributed by atoms with van der Waals surface area (Å²) in [6.07, 6.45) is 13.6. The molecule has 0 bridgehead atoms. The highest BCUT2D eigenvalue weighted by Gasteiger charge is 2.06. The van der Waals surface area contributed by atoms with E-state index in [-0.39, 0.29) is 11.8 Å². The van der Waals surface area contributed by atoms with E-state index < -0.39 is 6.09 Å². The van der Waals surface area contributed by atoms with Crippen molar-refractivity contribution in [2.24, 2.45) is 0 Å². The van der Waals surface area contributed by atoms with Gasteiger partial charge in [0.2, 0.25) is 0 Å². The van der Waals surface area contributed by atoms with Gasteiger partial charge in [-0.15, -0.1) is 0 Å². The number of amides is 1. The zero-order valence-electron chi connectivity index (χ0n) is 15.9. The summed E-state index contributed by atoms with van der Waals surface area (Å²) in [4.78, 5) is 15.7. The standard InChI is InChI=1S/C20H32N2O3S/c1-2-3-4-5-6-7-8-9-10-13-16-24-19(23)22-20(26)25-17-18-14-11-12-15-21-18/h11-12,14-15H,2-10,13,16-17H2,1H3,(H,22,23,26). The molecule has 0 saturated carbocycles. The van der Waals surface area contributed by atoms with Gasteiger partial charge in [0.15, 0.2) is 0 Å². The van der Waals surface area contributed by atoms with Crippen molar-refractivity contribution >= 4 is 23.5 Å². The molecule has 1 N–H and O–H groups in total. The number of ether oxygens (including phenoxy) is 2. The normalized spacial score (nSPS) is 10.3. The minimum atomic E-state index is -0.563.